The van der Waals surface area contributed by atoms with Gasteiger partial charge in [-0.1, -0.05) is 5.92 Å². The Hall–Kier alpha value is -1.01. The lowest BCUT2D eigenvalue weighted by Gasteiger charge is -2.19. The fourth-order valence-electron chi connectivity index (χ4n) is 0.629. The van der Waals surface area contributed by atoms with Crippen molar-refractivity contribution in [3.05, 3.63) is 0 Å². The highest BCUT2D eigenvalue weighted by Crippen LogP contribution is 2.06. The number of esters is 1. The van der Waals surface area contributed by atoms with Crippen LogP contribution in [0.25, 0.3) is 0 Å². The standard InChI is InChI=1S/C10H16O3/c1-5-6-7-12-8-9(11)13-10(2,3)4/h7-8H2,1-4H3. The summed E-state index contributed by atoms with van der Waals surface area (Å²) in [5, 5.41) is 0. The molecule has 0 radical (unpaired) electrons. The van der Waals surface area contributed by atoms with Crippen LogP contribution in [-0.4, -0.2) is 24.8 Å². The number of carbonyl (C=O) groups excluding carboxylic acids is 1. The highest BCUT2D eigenvalue weighted by atomic mass is 16.6. The monoisotopic (exact) mass is 184 g/mol. The van der Waals surface area contributed by atoms with Crippen molar-refractivity contribution in [3.8, 4) is 11.8 Å². The Labute approximate surface area is 79.4 Å². The number of rotatable bonds is 3. The molecule has 0 atom stereocenters. The van der Waals surface area contributed by atoms with Crippen LogP contribution >= 0.6 is 0 Å². The molecule has 0 rings (SSSR count). The lowest BCUT2D eigenvalue weighted by Crippen LogP contribution is -2.26. The highest BCUT2D eigenvalue weighted by Gasteiger charge is 2.15. The Bertz CT molecular complexity index is 215. The molecule has 0 unspecified atom stereocenters. The van der Waals surface area contributed by atoms with Crippen LogP contribution in [-0.2, 0) is 14.3 Å². The summed E-state index contributed by atoms with van der Waals surface area (Å²) in [6.07, 6.45) is 0. The van der Waals surface area contributed by atoms with E-state index in [0.29, 0.717) is 0 Å². The van der Waals surface area contributed by atoms with Gasteiger partial charge in [-0.05, 0) is 27.7 Å². The minimum atomic E-state index is -0.448. The molecule has 0 aromatic rings. The van der Waals surface area contributed by atoms with E-state index in [1.54, 1.807) is 6.92 Å². The molecule has 3 heteroatoms. The fraction of sp³-hybridized carbons (Fsp3) is 0.700. The van der Waals surface area contributed by atoms with Crippen LogP contribution in [0.15, 0.2) is 0 Å². The van der Waals surface area contributed by atoms with Crippen molar-refractivity contribution >= 4 is 5.97 Å². The van der Waals surface area contributed by atoms with Gasteiger partial charge in [0.1, 0.15) is 18.8 Å². The first kappa shape index (κ1) is 12.0. The third kappa shape index (κ3) is 8.90. The predicted molar refractivity (Wildman–Crippen MR) is 50.1 cm³/mol. The Morgan fingerprint density at radius 3 is 2.46 bits per heavy atom. The predicted octanol–water partition coefficient (Wildman–Crippen LogP) is 1.37. The Morgan fingerprint density at radius 1 is 1.38 bits per heavy atom. The molecule has 0 aliphatic carbocycles. The third-order valence-corrected chi connectivity index (χ3v) is 0.991. The van der Waals surface area contributed by atoms with Crippen LogP contribution in [0, 0.1) is 11.8 Å². The summed E-state index contributed by atoms with van der Waals surface area (Å²) < 4.78 is 9.94. The first-order chi connectivity index (χ1) is 5.95. The Balaban J connectivity index is 3.56. The maximum absolute atomic E-state index is 11.0. The van der Waals surface area contributed by atoms with Gasteiger partial charge in [0.15, 0.2) is 0 Å². The van der Waals surface area contributed by atoms with Gasteiger partial charge in [0.2, 0.25) is 0 Å². The second kappa shape index (κ2) is 5.60. The summed E-state index contributed by atoms with van der Waals surface area (Å²) in [5.74, 6) is 4.99. The van der Waals surface area contributed by atoms with Gasteiger partial charge in [-0.25, -0.2) is 4.79 Å². The van der Waals surface area contributed by atoms with Crippen molar-refractivity contribution in [2.24, 2.45) is 0 Å². The van der Waals surface area contributed by atoms with Crippen LogP contribution in [0.2, 0.25) is 0 Å². The number of ether oxygens (including phenoxy) is 2. The van der Waals surface area contributed by atoms with Crippen molar-refractivity contribution in [1.29, 1.82) is 0 Å². The van der Waals surface area contributed by atoms with Crippen LogP contribution in [0.1, 0.15) is 27.7 Å². The first-order valence-electron chi connectivity index (χ1n) is 4.15. The third-order valence-electron chi connectivity index (χ3n) is 0.991. The van der Waals surface area contributed by atoms with Crippen molar-refractivity contribution < 1.29 is 14.3 Å². The molecule has 0 saturated carbocycles. The summed E-state index contributed by atoms with van der Waals surface area (Å²) in [7, 11) is 0. The number of hydrogen-bond acceptors (Lipinski definition) is 3. The van der Waals surface area contributed by atoms with Gasteiger partial charge in [0.05, 0.1) is 0 Å². The van der Waals surface area contributed by atoms with Gasteiger partial charge in [-0.15, -0.1) is 5.92 Å². The van der Waals surface area contributed by atoms with E-state index in [4.69, 9.17) is 9.47 Å². The van der Waals surface area contributed by atoms with Crippen molar-refractivity contribution in [2.45, 2.75) is 33.3 Å². The fourth-order valence-corrected chi connectivity index (χ4v) is 0.629. The molecule has 13 heavy (non-hydrogen) atoms. The van der Waals surface area contributed by atoms with Crippen molar-refractivity contribution in [2.75, 3.05) is 13.2 Å². The van der Waals surface area contributed by atoms with Crippen molar-refractivity contribution in [3.63, 3.8) is 0 Å². The summed E-state index contributed by atoms with van der Waals surface area (Å²) in [6, 6.07) is 0. The van der Waals surface area contributed by atoms with Gasteiger partial charge in [-0.2, -0.15) is 0 Å². The summed E-state index contributed by atoms with van der Waals surface area (Å²) in [6.45, 7) is 7.41. The Morgan fingerprint density at radius 2 is 2.00 bits per heavy atom. The topological polar surface area (TPSA) is 35.5 Å². The largest absolute Gasteiger partial charge is 0.458 e. The Kier molecular flexibility index (Phi) is 5.17. The maximum atomic E-state index is 11.0. The van der Waals surface area contributed by atoms with Gasteiger partial charge >= 0.3 is 5.97 Å². The van der Waals surface area contributed by atoms with E-state index in [9.17, 15) is 4.79 Å². The molecule has 3 nitrogen and oxygen atoms in total. The van der Waals surface area contributed by atoms with Gasteiger partial charge in [-0.3, -0.25) is 0 Å². The zero-order valence-corrected chi connectivity index (χ0v) is 8.64. The molecule has 0 heterocycles. The molecule has 0 aliphatic rings. The normalized spacial score (nSPS) is 10.2. The minimum absolute atomic E-state index is 0.0358. The summed E-state index contributed by atoms with van der Waals surface area (Å²) in [5.41, 5.74) is -0.448. The molecular weight excluding hydrogens is 168 g/mol. The second-order valence-corrected chi connectivity index (χ2v) is 3.51. The smallest absolute Gasteiger partial charge is 0.332 e. The quantitative estimate of drug-likeness (QED) is 0.377. The van der Waals surface area contributed by atoms with E-state index in [-0.39, 0.29) is 19.2 Å². The van der Waals surface area contributed by atoms with Gasteiger partial charge < -0.3 is 9.47 Å². The molecule has 0 bridgehead atoms. The van der Waals surface area contributed by atoms with Crippen LogP contribution in [0.3, 0.4) is 0 Å². The van der Waals surface area contributed by atoms with E-state index in [1.165, 1.54) is 0 Å². The molecule has 74 valence electrons. The summed E-state index contributed by atoms with van der Waals surface area (Å²) in [4.78, 5) is 11.0. The van der Waals surface area contributed by atoms with Crippen molar-refractivity contribution in [1.82, 2.24) is 0 Å². The molecule has 0 saturated heterocycles. The van der Waals surface area contributed by atoms with Crippen LogP contribution < -0.4 is 0 Å². The SMILES string of the molecule is CC#CCOCC(=O)OC(C)(C)C. The summed E-state index contributed by atoms with van der Waals surface area (Å²) >= 11 is 0. The second-order valence-electron chi connectivity index (χ2n) is 3.51. The highest BCUT2D eigenvalue weighted by molar-refractivity contribution is 5.71. The van der Waals surface area contributed by atoms with Crippen LogP contribution in [0.4, 0.5) is 0 Å². The average molecular weight is 184 g/mol. The molecule has 0 fully saturated rings. The first-order valence-corrected chi connectivity index (χ1v) is 4.15. The number of carbonyl (C=O) groups is 1. The van der Waals surface area contributed by atoms with Gasteiger partial charge in [0.25, 0.3) is 0 Å². The lowest BCUT2D eigenvalue weighted by molar-refractivity contribution is -0.159. The zero-order valence-electron chi connectivity index (χ0n) is 8.64. The minimum Gasteiger partial charge on any atom is -0.458 e. The number of hydrogen-bond donors (Lipinski definition) is 0. The van der Waals surface area contributed by atoms with E-state index >= 15 is 0 Å². The zero-order chi connectivity index (χ0) is 10.3. The van der Waals surface area contributed by atoms with E-state index in [2.05, 4.69) is 11.8 Å². The van der Waals surface area contributed by atoms with Crippen LogP contribution in [0.5, 0.6) is 0 Å². The molecule has 0 amide bonds. The molecular formula is C10H16O3. The molecule has 0 N–H and O–H groups in total. The molecule has 0 aromatic heterocycles. The molecule has 0 aliphatic heterocycles. The van der Waals surface area contributed by atoms with E-state index in [1.807, 2.05) is 20.8 Å². The molecule has 0 aromatic carbocycles. The van der Waals surface area contributed by atoms with Gasteiger partial charge in [0, 0.05) is 0 Å². The average Bonchev–Trinajstić information content (AvgIpc) is 1.94. The molecule has 0 spiro atoms. The lowest BCUT2D eigenvalue weighted by atomic mass is 10.2. The van der Waals surface area contributed by atoms with E-state index in [0.717, 1.165) is 0 Å². The maximum Gasteiger partial charge on any atom is 0.332 e. The van der Waals surface area contributed by atoms with E-state index < -0.39 is 5.60 Å².